The Kier molecular flexibility index (Phi) is 6.13. The number of nitrogens with one attached hydrogen (secondary N) is 1. The Hall–Kier alpha value is -2.60. The number of nitrogens with zero attached hydrogens (tertiary/aromatic N) is 3. The zero-order valence-corrected chi connectivity index (χ0v) is 18.7. The van der Waals surface area contributed by atoms with Gasteiger partial charge >= 0.3 is 0 Å². The van der Waals surface area contributed by atoms with Crippen LogP contribution in [0.15, 0.2) is 47.6 Å². The number of anilines is 1. The summed E-state index contributed by atoms with van der Waals surface area (Å²) in [6.07, 6.45) is 0. The fourth-order valence-electron chi connectivity index (χ4n) is 3.00. The quantitative estimate of drug-likeness (QED) is 0.595. The van der Waals surface area contributed by atoms with E-state index < -0.39 is 0 Å². The van der Waals surface area contributed by atoms with Gasteiger partial charge in [0.15, 0.2) is 11.0 Å². The summed E-state index contributed by atoms with van der Waals surface area (Å²) in [5, 5.41) is 12.3. The number of aromatic nitrogens is 3. The maximum absolute atomic E-state index is 12.4. The summed E-state index contributed by atoms with van der Waals surface area (Å²) in [7, 11) is 1.93. The van der Waals surface area contributed by atoms with Crippen LogP contribution in [0.2, 0.25) is 0 Å². The molecule has 0 aliphatic rings. The molecule has 1 aromatic heterocycles. The number of thioether (sulfide) groups is 1. The van der Waals surface area contributed by atoms with Gasteiger partial charge in [-0.1, -0.05) is 68.9 Å². The third kappa shape index (κ3) is 5.07. The van der Waals surface area contributed by atoms with Gasteiger partial charge in [-0.3, -0.25) is 4.79 Å². The largest absolute Gasteiger partial charge is 0.325 e. The molecule has 0 atom stereocenters. The summed E-state index contributed by atoms with van der Waals surface area (Å²) in [5.41, 5.74) is 5.43. The van der Waals surface area contributed by atoms with E-state index in [2.05, 4.69) is 60.6 Å². The topological polar surface area (TPSA) is 59.8 Å². The van der Waals surface area contributed by atoms with Gasteiger partial charge in [0, 0.05) is 18.3 Å². The second-order valence-electron chi connectivity index (χ2n) is 8.35. The molecule has 3 rings (SSSR count). The minimum Gasteiger partial charge on any atom is -0.325 e. The Bertz CT molecular complexity index is 1020. The highest BCUT2D eigenvalue weighted by atomic mass is 32.2. The van der Waals surface area contributed by atoms with E-state index in [-0.39, 0.29) is 17.1 Å². The van der Waals surface area contributed by atoms with Gasteiger partial charge in [-0.15, -0.1) is 10.2 Å². The van der Waals surface area contributed by atoms with E-state index >= 15 is 0 Å². The molecule has 29 heavy (non-hydrogen) atoms. The van der Waals surface area contributed by atoms with Crippen LogP contribution in [0.3, 0.4) is 0 Å². The van der Waals surface area contributed by atoms with E-state index in [1.807, 2.05) is 43.7 Å². The lowest BCUT2D eigenvalue weighted by Gasteiger charge is -2.19. The highest BCUT2D eigenvalue weighted by Crippen LogP contribution is 2.27. The van der Waals surface area contributed by atoms with Crippen molar-refractivity contribution in [3.63, 3.8) is 0 Å². The lowest BCUT2D eigenvalue weighted by atomic mass is 9.87. The smallest absolute Gasteiger partial charge is 0.234 e. The van der Waals surface area contributed by atoms with Crippen LogP contribution in [0.4, 0.5) is 5.69 Å². The molecule has 0 aliphatic carbocycles. The fourth-order valence-corrected chi connectivity index (χ4v) is 3.71. The maximum Gasteiger partial charge on any atom is 0.234 e. The number of hydrogen-bond acceptors (Lipinski definition) is 4. The number of benzene rings is 2. The predicted octanol–water partition coefficient (Wildman–Crippen LogP) is 5.13. The van der Waals surface area contributed by atoms with Crippen molar-refractivity contribution in [1.29, 1.82) is 0 Å². The second-order valence-corrected chi connectivity index (χ2v) is 9.29. The average molecular weight is 409 g/mol. The first-order valence-electron chi connectivity index (χ1n) is 9.65. The summed E-state index contributed by atoms with van der Waals surface area (Å²) < 4.78 is 1.93. The molecule has 1 heterocycles. The van der Waals surface area contributed by atoms with Crippen LogP contribution in [-0.4, -0.2) is 26.4 Å². The zero-order chi connectivity index (χ0) is 21.2. The van der Waals surface area contributed by atoms with Crippen molar-refractivity contribution in [1.82, 2.24) is 14.8 Å². The van der Waals surface area contributed by atoms with E-state index in [1.165, 1.54) is 17.3 Å². The Balaban J connectivity index is 1.67. The summed E-state index contributed by atoms with van der Waals surface area (Å²) in [5.74, 6) is 1.02. The van der Waals surface area contributed by atoms with Gasteiger partial charge in [-0.05, 0) is 42.0 Å². The van der Waals surface area contributed by atoms with Crippen LogP contribution in [0, 0.1) is 13.8 Å². The van der Waals surface area contributed by atoms with E-state index in [4.69, 9.17) is 0 Å². The van der Waals surface area contributed by atoms with Gasteiger partial charge in [-0.25, -0.2) is 0 Å². The first-order chi connectivity index (χ1) is 13.6. The molecule has 0 saturated carbocycles. The third-order valence-electron chi connectivity index (χ3n) is 4.84. The molecule has 0 aliphatic heterocycles. The molecule has 0 spiro atoms. The van der Waals surface area contributed by atoms with E-state index in [0.717, 1.165) is 33.4 Å². The number of aryl methyl sites for hydroxylation is 2. The number of carbonyl (C=O) groups is 1. The Morgan fingerprint density at radius 1 is 1.07 bits per heavy atom. The Morgan fingerprint density at radius 3 is 2.41 bits per heavy atom. The van der Waals surface area contributed by atoms with Crippen molar-refractivity contribution in [3.05, 3.63) is 59.2 Å². The predicted molar refractivity (Wildman–Crippen MR) is 120 cm³/mol. The highest BCUT2D eigenvalue weighted by Gasteiger charge is 2.16. The van der Waals surface area contributed by atoms with Crippen LogP contribution in [0.25, 0.3) is 11.4 Å². The molecule has 0 unspecified atom stereocenters. The standard InChI is InChI=1S/C23H28N4OS/c1-15-7-8-16(2)19(13-15)24-20(28)14-29-22-26-25-21(27(22)6)17-9-11-18(12-10-17)23(3,4)5/h7-13H,14H2,1-6H3,(H,24,28). The average Bonchev–Trinajstić information content (AvgIpc) is 3.03. The van der Waals surface area contributed by atoms with Gasteiger partial charge in [-0.2, -0.15) is 0 Å². The normalized spacial score (nSPS) is 11.5. The SMILES string of the molecule is Cc1ccc(C)c(NC(=O)CSc2nnc(-c3ccc(C(C)(C)C)cc3)n2C)c1. The van der Waals surface area contributed by atoms with Crippen LogP contribution >= 0.6 is 11.8 Å². The van der Waals surface area contributed by atoms with Gasteiger partial charge < -0.3 is 9.88 Å². The Labute approximate surface area is 176 Å². The lowest BCUT2D eigenvalue weighted by Crippen LogP contribution is -2.15. The highest BCUT2D eigenvalue weighted by molar-refractivity contribution is 7.99. The number of rotatable bonds is 5. The molecule has 6 heteroatoms. The molecule has 152 valence electrons. The fraction of sp³-hybridized carbons (Fsp3) is 0.348. The minimum atomic E-state index is -0.0530. The second kappa shape index (κ2) is 8.41. The van der Waals surface area contributed by atoms with E-state index in [1.54, 1.807) is 0 Å². The molecule has 1 amide bonds. The van der Waals surface area contributed by atoms with Crippen LogP contribution in [0.1, 0.15) is 37.5 Å². The van der Waals surface area contributed by atoms with Gasteiger partial charge in [0.2, 0.25) is 5.91 Å². The summed E-state index contributed by atoms with van der Waals surface area (Å²) in [6.45, 7) is 10.6. The Morgan fingerprint density at radius 2 is 1.76 bits per heavy atom. The van der Waals surface area contributed by atoms with E-state index in [0.29, 0.717) is 0 Å². The summed E-state index contributed by atoms with van der Waals surface area (Å²) in [4.78, 5) is 12.4. The van der Waals surface area contributed by atoms with Gasteiger partial charge in [0.05, 0.1) is 5.75 Å². The molecule has 0 fully saturated rings. The van der Waals surface area contributed by atoms with Crippen LogP contribution in [0.5, 0.6) is 0 Å². The van der Waals surface area contributed by atoms with Crippen molar-refractivity contribution >= 4 is 23.4 Å². The zero-order valence-electron chi connectivity index (χ0n) is 17.9. The molecular weight excluding hydrogens is 380 g/mol. The number of amides is 1. The number of hydrogen-bond donors (Lipinski definition) is 1. The van der Waals surface area contributed by atoms with Gasteiger partial charge in [0.1, 0.15) is 0 Å². The van der Waals surface area contributed by atoms with Crippen molar-refractivity contribution < 1.29 is 4.79 Å². The molecule has 1 N–H and O–H groups in total. The molecule has 0 bridgehead atoms. The summed E-state index contributed by atoms with van der Waals surface area (Å²) in [6, 6.07) is 14.5. The van der Waals surface area contributed by atoms with Crippen molar-refractivity contribution in [3.8, 4) is 11.4 Å². The van der Waals surface area contributed by atoms with Crippen molar-refractivity contribution in [2.45, 2.75) is 45.2 Å². The molecule has 3 aromatic rings. The van der Waals surface area contributed by atoms with Crippen molar-refractivity contribution in [2.24, 2.45) is 7.05 Å². The maximum atomic E-state index is 12.4. The molecule has 0 saturated heterocycles. The van der Waals surface area contributed by atoms with Crippen LogP contribution in [-0.2, 0) is 17.3 Å². The molecule has 2 aromatic carbocycles. The molecular formula is C23H28N4OS. The first kappa shape index (κ1) is 21.1. The van der Waals surface area contributed by atoms with Crippen LogP contribution < -0.4 is 5.32 Å². The summed E-state index contributed by atoms with van der Waals surface area (Å²) >= 11 is 1.38. The van der Waals surface area contributed by atoms with Gasteiger partial charge in [0.25, 0.3) is 0 Å². The third-order valence-corrected chi connectivity index (χ3v) is 5.86. The van der Waals surface area contributed by atoms with Crippen molar-refractivity contribution in [2.75, 3.05) is 11.1 Å². The minimum absolute atomic E-state index is 0.0530. The first-order valence-corrected chi connectivity index (χ1v) is 10.6. The number of carbonyl (C=O) groups excluding carboxylic acids is 1. The monoisotopic (exact) mass is 408 g/mol. The molecule has 5 nitrogen and oxygen atoms in total. The molecule has 0 radical (unpaired) electrons. The van der Waals surface area contributed by atoms with E-state index in [9.17, 15) is 4.79 Å². The lowest BCUT2D eigenvalue weighted by molar-refractivity contribution is -0.113.